The van der Waals surface area contributed by atoms with Gasteiger partial charge >= 0.3 is 6.18 Å². The van der Waals surface area contributed by atoms with Crippen LogP contribution in [-0.4, -0.2) is 72.0 Å². The minimum Gasteiger partial charge on any atom is -0.382 e. The topological polar surface area (TPSA) is 76.3 Å². The number of rotatable bonds is 4. The lowest BCUT2D eigenvalue weighted by atomic mass is 10.3. The summed E-state index contributed by atoms with van der Waals surface area (Å²) >= 11 is 0. The smallest absolute Gasteiger partial charge is 0.382 e. The Morgan fingerprint density at radius 3 is 2.93 bits per heavy atom. The van der Waals surface area contributed by atoms with Crippen LogP contribution in [0.1, 0.15) is 11.4 Å². The van der Waals surface area contributed by atoms with Gasteiger partial charge in [-0.05, 0) is 12.1 Å². The summed E-state index contributed by atoms with van der Waals surface area (Å²) in [5.74, 6) is 0.974. The summed E-state index contributed by atoms with van der Waals surface area (Å²) in [6, 6.07) is 2.29. The largest absolute Gasteiger partial charge is 0.417 e. The predicted molar refractivity (Wildman–Crippen MR) is 91.4 cm³/mol. The van der Waals surface area contributed by atoms with Gasteiger partial charge in [-0.25, -0.2) is 0 Å². The highest BCUT2D eigenvalue weighted by molar-refractivity contribution is 5.79. The minimum atomic E-state index is -4.43. The van der Waals surface area contributed by atoms with Gasteiger partial charge < -0.3 is 19.7 Å². The molecule has 0 spiro atoms. The van der Waals surface area contributed by atoms with Crippen LogP contribution in [-0.2, 0) is 22.2 Å². The highest BCUT2D eigenvalue weighted by Crippen LogP contribution is 2.29. The van der Waals surface area contributed by atoms with E-state index in [1.807, 2.05) is 4.90 Å². The van der Waals surface area contributed by atoms with Crippen molar-refractivity contribution < 1.29 is 22.6 Å². The number of hydrogen-bond acceptors (Lipinski definition) is 5. The highest BCUT2D eigenvalue weighted by atomic mass is 19.4. The molecule has 27 heavy (non-hydrogen) atoms. The highest BCUT2D eigenvalue weighted by Gasteiger charge is 2.31. The molecule has 0 amide bonds. The zero-order valence-electron chi connectivity index (χ0n) is 15.0. The fourth-order valence-electron chi connectivity index (χ4n) is 2.92. The number of guanidine groups is 1. The Balaban J connectivity index is 1.71. The van der Waals surface area contributed by atoms with Crippen molar-refractivity contribution >= 4 is 11.6 Å². The standard InChI is InChI=1S/C16H21F3N6O2/c1-20-15(24-5-6-27-12(9-24)10-26-2)21-7-14-23-22-13-4-3-11(8-25(13)14)16(17,18)19/h3-4,8,12H,5-7,9-10H2,1-2H3,(H,20,21). The van der Waals surface area contributed by atoms with Crippen LogP contribution in [0.5, 0.6) is 0 Å². The van der Waals surface area contributed by atoms with Gasteiger partial charge in [0.25, 0.3) is 0 Å². The van der Waals surface area contributed by atoms with E-state index < -0.39 is 11.7 Å². The van der Waals surface area contributed by atoms with Crippen molar-refractivity contribution in [2.24, 2.45) is 4.99 Å². The Kier molecular flexibility index (Phi) is 5.80. The Morgan fingerprint density at radius 1 is 1.41 bits per heavy atom. The van der Waals surface area contributed by atoms with Gasteiger partial charge in [0, 0.05) is 33.4 Å². The van der Waals surface area contributed by atoms with Crippen LogP contribution in [0.2, 0.25) is 0 Å². The summed E-state index contributed by atoms with van der Waals surface area (Å²) < 4.78 is 50.9. The van der Waals surface area contributed by atoms with Crippen LogP contribution < -0.4 is 5.32 Å². The second kappa shape index (κ2) is 8.09. The van der Waals surface area contributed by atoms with E-state index in [2.05, 4.69) is 20.5 Å². The molecule has 1 fully saturated rings. The second-order valence-electron chi connectivity index (χ2n) is 6.05. The van der Waals surface area contributed by atoms with Gasteiger partial charge in [-0.2, -0.15) is 13.2 Å². The Hall–Kier alpha value is -2.40. The summed E-state index contributed by atoms with van der Waals surface area (Å²) in [5, 5.41) is 11.0. The van der Waals surface area contributed by atoms with E-state index in [4.69, 9.17) is 9.47 Å². The summed E-state index contributed by atoms with van der Waals surface area (Å²) in [5.41, 5.74) is -0.405. The lowest BCUT2D eigenvalue weighted by Crippen LogP contribution is -2.51. The van der Waals surface area contributed by atoms with Gasteiger partial charge in [-0.3, -0.25) is 9.39 Å². The number of pyridine rings is 1. The summed E-state index contributed by atoms with van der Waals surface area (Å²) in [4.78, 5) is 6.25. The molecule has 1 saturated heterocycles. The van der Waals surface area contributed by atoms with Crippen molar-refractivity contribution in [2.75, 3.05) is 40.5 Å². The normalized spacial score (nSPS) is 18.9. The monoisotopic (exact) mass is 386 g/mol. The third kappa shape index (κ3) is 4.48. The number of morpholine rings is 1. The summed E-state index contributed by atoms with van der Waals surface area (Å²) in [6.07, 6.45) is -3.49. The van der Waals surface area contributed by atoms with E-state index in [-0.39, 0.29) is 12.6 Å². The molecule has 3 rings (SSSR count). The quantitative estimate of drug-likeness (QED) is 0.628. The first-order chi connectivity index (χ1) is 12.9. The molecule has 148 valence electrons. The third-order valence-electron chi connectivity index (χ3n) is 4.21. The molecule has 0 radical (unpaired) electrons. The second-order valence-corrected chi connectivity index (χ2v) is 6.05. The van der Waals surface area contributed by atoms with Gasteiger partial charge in [0.1, 0.15) is 0 Å². The van der Waals surface area contributed by atoms with Crippen LogP contribution in [0.15, 0.2) is 23.3 Å². The van der Waals surface area contributed by atoms with Crippen molar-refractivity contribution in [3.63, 3.8) is 0 Å². The van der Waals surface area contributed by atoms with Crippen LogP contribution in [0.4, 0.5) is 13.2 Å². The van der Waals surface area contributed by atoms with Gasteiger partial charge in [-0.1, -0.05) is 0 Å². The molecule has 0 aromatic carbocycles. The zero-order valence-corrected chi connectivity index (χ0v) is 15.0. The summed E-state index contributed by atoms with van der Waals surface area (Å²) in [6.45, 7) is 2.45. The number of aromatic nitrogens is 3. The van der Waals surface area contributed by atoms with Gasteiger partial charge in [0.15, 0.2) is 17.4 Å². The third-order valence-corrected chi connectivity index (χ3v) is 4.21. The van der Waals surface area contributed by atoms with E-state index in [0.29, 0.717) is 43.7 Å². The predicted octanol–water partition coefficient (Wildman–Crippen LogP) is 1.17. The minimum absolute atomic E-state index is 0.0643. The number of fused-ring (bicyclic) bond motifs is 1. The molecule has 3 heterocycles. The van der Waals surface area contributed by atoms with E-state index in [1.165, 1.54) is 10.5 Å². The molecule has 11 heteroatoms. The SMILES string of the molecule is CN=C(NCc1nnc2ccc(C(F)(F)F)cn12)N1CCOC(COC)C1. The van der Waals surface area contributed by atoms with E-state index in [1.54, 1.807) is 14.2 Å². The maximum Gasteiger partial charge on any atom is 0.417 e. The van der Waals surface area contributed by atoms with Crippen molar-refractivity contribution in [3.8, 4) is 0 Å². The number of nitrogens with one attached hydrogen (secondary N) is 1. The number of alkyl halides is 3. The molecular formula is C16H21F3N6O2. The zero-order chi connectivity index (χ0) is 19.4. The molecule has 1 aliphatic rings. The molecule has 0 saturated carbocycles. The number of nitrogens with zero attached hydrogens (tertiary/aromatic N) is 5. The summed E-state index contributed by atoms with van der Waals surface area (Å²) in [7, 11) is 3.26. The van der Waals surface area contributed by atoms with Gasteiger partial charge in [-0.15, -0.1) is 10.2 Å². The first kappa shape index (κ1) is 19.4. The molecule has 1 aliphatic heterocycles. The van der Waals surface area contributed by atoms with E-state index in [9.17, 15) is 13.2 Å². The van der Waals surface area contributed by atoms with Crippen molar-refractivity contribution in [3.05, 3.63) is 29.7 Å². The fraction of sp³-hybridized carbons (Fsp3) is 0.562. The molecule has 1 atom stereocenters. The van der Waals surface area contributed by atoms with E-state index in [0.717, 1.165) is 12.3 Å². The molecule has 0 aliphatic carbocycles. The Labute approximate surface area is 154 Å². The molecule has 1 unspecified atom stereocenters. The lowest BCUT2D eigenvalue weighted by molar-refractivity contribution is -0.137. The fourth-order valence-corrected chi connectivity index (χ4v) is 2.92. The Morgan fingerprint density at radius 2 is 2.22 bits per heavy atom. The van der Waals surface area contributed by atoms with Crippen molar-refractivity contribution in [2.45, 2.75) is 18.8 Å². The first-order valence-corrected chi connectivity index (χ1v) is 8.39. The van der Waals surface area contributed by atoms with Gasteiger partial charge in [0.2, 0.25) is 0 Å². The molecule has 1 N–H and O–H groups in total. The number of ether oxygens (including phenoxy) is 2. The average Bonchev–Trinajstić information content (AvgIpc) is 3.05. The molecule has 2 aromatic rings. The van der Waals surface area contributed by atoms with Crippen LogP contribution >= 0.6 is 0 Å². The van der Waals surface area contributed by atoms with Gasteiger partial charge in [0.05, 0.1) is 31.4 Å². The maximum absolute atomic E-state index is 12.9. The van der Waals surface area contributed by atoms with Crippen LogP contribution in [0.3, 0.4) is 0 Å². The number of halogens is 3. The van der Waals surface area contributed by atoms with Crippen molar-refractivity contribution in [1.82, 2.24) is 24.8 Å². The molecule has 8 nitrogen and oxygen atoms in total. The molecular weight excluding hydrogens is 365 g/mol. The first-order valence-electron chi connectivity index (χ1n) is 8.39. The van der Waals surface area contributed by atoms with E-state index >= 15 is 0 Å². The Bertz CT molecular complexity index is 805. The van der Waals surface area contributed by atoms with Crippen LogP contribution in [0, 0.1) is 0 Å². The number of aliphatic imine (C=N–C) groups is 1. The van der Waals surface area contributed by atoms with Crippen molar-refractivity contribution in [1.29, 1.82) is 0 Å². The average molecular weight is 386 g/mol. The number of methoxy groups -OCH3 is 1. The molecule has 2 aromatic heterocycles. The molecule has 0 bridgehead atoms. The number of hydrogen-bond donors (Lipinski definition) is 1. The van der Waals surface area contributed by atoms with Crippen LogP contribution in [0.25, 0.3) is 5.65 Å². The lowest BCUT2D eigenvalue weighted by Gasteiger charge is -2.34. The maximum atomic E-state index is 12.9.